The van der Waals surface area contributed by atoms with Crippen LogP contribution in [0.3, 0.4) is 0 Å². The summed E-state index contributed by atoms with van der Waals surface area (Å²) in [6, 6.07) is 6.26. The van der Waals surface area contributed by atoms with Crippen molar-refractivity contribution in [3.8, 4) is 10.6 Å². The Labute approximate surface area is 148 Å². The molecule has 0 N–H and O–H groups in total. The molecule has 0 fully saturated rings. The van der Waals surface area contributed by atoms with E-state index in [-0.39, 0.29) is 24.8 Å². The van der Waals surface area contributed by atoms with Gasteiger partial charge in [0.2, 0.25) is 0 Å². The van der Waals surface area contributed by atoms with Crippen LogP contribution in [-0.4, -0.2) is 11.0 Å². The summed E-state index contributed by atoms with van der Waals surface area (Å²) in [7, 11) is 0. The molecule has 0 aliphatic heterocycles. The fraction of sp³-hybridized carbons (Fsp3) is 0.125. The van der Waals surface area contributed by atoms with Crippen molar-refractivity contribution in [3.63, 3.8) is 0 Å². The molecule has 1 aromatic carbocycles. The van der Waals surface area contributed by atoms with Crippen LogP contribution in [0.25, 0.3) is 10.6 Å². The Morgan fingerprint density at radius 1 is 1.30 bits per heavy atom. The van der Waals surface area contributed by atoms with E-state index in [4.69, 9.17) is 4.74 Å². The Morgan fingerprint density at radius 3 is 2.91 bits per heavy atom. The predicted molar refractivity (Wildman–Crippen MR) is 93.0 cm³/mol. The third kappa shape index (κ3) is 4.25. The SMILES string of the molecule is O=C(Cc1csc(-c2ccsc2)n1)OCc1ccc(F)cc1Br. The molecule has 0 bridgehead atoms. The van der Waals surface area contributed by atoms with Gasteiger partial charge in [0, 0.05) is 26.4 Å². The van der Waals surface area contributed by atoms with Crippen molar-refractivity contribution in [1.82, 2.24) is 4.98 Å². The first-order valence-electron chi connectivity index (χ1n) is 6.68. The number of nitrogens with zero attached hydrogens (tertiary/aromatic N) is 1. The van der Waals surface area contributed by atoms with Crippen molar-refractivity contribution >= 4 is 44.6 Å². The van der Waals surface area contributed by atoms with E-state index in [1.807, 2.05) is 22.2 Å². The molecular formula is C16H11BrFNO2S2. The van der Waals surface area contributed by atoms with Gasteiger partial charge in [-0.1, -0.05) is 22.0 Å². The van der Waals surface area contributed by atoms with Crippen LogP contribution in [0.15, 0.2) is 44.9 Å². The van der Waals surface area contributed by atoms with E-state index in [2.05, 4.69) is 20.9 Å². The van der Waals surface area contributed by atoms with Gasteiger partial charge in [0.25, 0.3) is 0 Å². The van der Waals surface area contributed by atoms with Gasteiger partial charge in [0.05, 0.1) is 12.1 Å². The Hall–Kier alpha value is -1.57. The summed E-state index contributed by atoms with van der Waals surface area (Å²) in [5.74, 6) is -0.696. The van der Waals surface area contributed by atoms with Crippen molar-refractivity contribution in [2.24, 2.45) is 0 Å². The van der Waals surface area contributed by atoms with Crippen LogP contribution in [0.5, 0.6) is 0 Å². The lowest BCUT2D eigenvalue weighted by Gasteiger charge is -2.06. The van der Waals surface area contributed by atoms with Crippen LogP contribution in [0, 0.1) is 5.82 Å². The number of ether oxygens (including phenoxy) is 1. The van der Waals surface area contributed by atoms with Gasteiger partial charge in [-0.2, -0.15) is 11.3 Å². The number of thiophene rings is 1. The van der Waals surface area contributed by atoms with Gasteiger partial charge < -0.3 is 4.74 Å². The highest BCUT2D eigenvalue weighted by Crippen LogP contribution is 2.26. The maximum atomic E-state index is 13.0. The molecule has 0 spiro atoms. The zero-order valence-electron chi connectivity index (χ0n) is 11.8. The van der Waals surface area contributed by atoms with Gasteiger partial charge in [0.15, 0.2) is 0 Å². The second-order valence-electron chi connectivity index (χ2n) is 4.73. The normalized spacial score (nSPS) is 10.7. The maximum absolute atomic E-state index is 13.0. The number of rotatable bonds is 5. The molecule has 23 heavy (non-hydrogen) atoms. The van der Waals surface area contributed by atoms with E-state index < -0.39 is 0 Å². The number of esters is 1. The third-order valence-electron chi connectivity index (χ3n) is 3.05. The number of thiazole rings is 1. The molecule has 0 aliphatic carbocycles. The molecular weight excluding hydrogens is 401 g/mol. The Morgan fingerprint density at radius 2 is 2.17 bits per heavy atom. The minimum atomic E-state index is -0.358. The number of hydrogen-bond donors (Lipinski definition) is 0. The lowest BCUT2D eigenvalue weighted by molar-refractivity contribution is -0.144. The van der Waals surface area contributed by atoms with Crippen LogP contribution < -0.4 is 0 Å². The fourth-order valence-corrected chi connectivity index (χ4v) is 3.90. The van der Waals surface area contributed by atoms with Crippen LogP contribution in [0.4, 0.5) is 4.39 Å². The minimum absolute atomic E-state index is 0.0984. The van der Waals surface area contributed by atoms with Gasteiger partial charge in [0.1, 0.15) is 17.4 Å². The molecule has 0 atom stereocenters. The number of carbonyl (C=O) groups excluding carboxylic acids is 1. The zero-order chi connectivity index (χ0) is 16.2. The second-order valence-corrected chi connectivity index (χ2v) is 7.22. The van der Waals surface area contributed by atoms with E-state index >= 15 is 0 Å². The molecule has 2 heterocycles. The highest BCUT2D eigenvalue weighted by Gasteiger charge is 2.11. The highest BCUT2D eigenvalue weighted by molar-refractivity contribution is 9.10. The van der Waals surface area contributed by atoms with Gasteiger partial charge in [-0.05, 0) is 23.6 Å². The smallest absolute Gasteiger partial charge is 0.312 e. The second kappa shape index (κ2) is 7.33. The average Bonchev–Trinajstić information content (AvgIpc) is 3.17. The van der Waals surface area contributed by atoms with Crippen LogP contribution in [-0.2, 0) is 22.6 Å². The summed E-state index contributed by atoms with van der Waals surface area (Å²) < 4.78 is 18.8. The molecule has 3 nitrogen and oxygen atoms in total. The molecule has 3 rings (SSSR count). The first kappa shape index (κ1) is 16.3. The molecule has 0 saturated heterocycles. The summed E-state index contributed by atoms with van der Waals surface area (Å²) >= 11 is 6.36. The Bertz CT molecular complexity index is 817. The summed E-state index contributed by atoms with van der Waals surface area (Å²) in [4.78, 5) is 16.4. The van der Waals surface area contributed by atoms with Gasteiger partial charge >= 0.3 is 5.97 Å². The number of hydrogen-bond acceptors (Lipinski definition) is 5. The van der Waals surface area contributed by atoms with Gasteiger partial charge in [-0.15, -0.1) is 11.3 Å². The summed E-state index contributed by atoms with van der Waals surface area (Å²) in [5.41, 5.74) is 2.48. The van der Waals surface area contributed by atoms with Crippen LogP contribution in [0.1, 0.15) is 11.3 Å². The number of carbonyl (C=O) groups is 1. The standard InChI is InChI=1S/C16H11BrFNO2S2/c17-14-5-12(18)2-1-10(14)7-21-15(20)6-13-9-23-16(19-13)11-3-4-22-8-11/h1-5,8-9H,6-7H2. The van der Waals surface area contributed by atoms with E-state index in [0.717, 1.165) is 16.1 Å². The molecule has 0 unspecified atom stereocenters. The van der Waals surface area contributed by atoms with Crippen molar-refractivity contribution in [2.45, 2.75) is 13.0 Å². The zero-order valence-corrected chi connectivity index (χ0v) is 15.0. The minimum Gasteiger partial charge on any atom is -0.460 e. The molecule has 0 aliphatic rings. The number of halogens is 2. The largest absolute Gasteiger partial charge is 0.460 e. The predicted octanol–water partition coefficient (Wildman–Crippen LogP) is 5.06. The van der Waals surface area contributed by atoms with E-state index in [1.165, 1.54) is 23.5 Å². The summed E-state index contributed by atoms with van der Waals surface area (Å²) in [5, 5.41) is 6.77. The van der Waals surface area contributed by atoms with E-state index in [1.54, 1.807) is 17.4 Å². The van der Waals surface area contributed by atoms with Crippen LogP contribution in [0.2, 0.25) is 0 Å². The van der Waals surface area contributed by atoms with Gasteiger partial charge in [-0.3, -0.25) is 4.79 Å². The molecule has 2 aromatic heterocycles. The molecule has 3 aromatic rings. The lowest BCUT2D eigenvalue weighted by Crippen LogP contribution is -2.08. The highest BCUT2D eigenvalue weighted by atomic mass is 79.9. The van der Waals surface area contributed by atoms with Crippen LogP contribution >= 0.6 is 38.6 Å². The van der Waals surface area contributed by atoms with Crippen molar-refractivity contribution in [2.75, 3.05) is 0 Å². The topological polar surface area (TPSA) is 39.2 Å². The quantitative estimate of drug-likeness (QED) is 0.550. The monoisotopic (exact) mass is 411 g/mol. The third-order valence-corrected chi connectivity index (χ3v) is 5.41. The molecule has 0 amide bonds. The number of benzene rings is 1. The van der Waals surface area contributed by atoms with Crippen molar-refractivity contribution < 1.29 is 13.9 Å². The Kier molecular flexibility index (Phi) is 5.20. The van der Waals surface area contributed by atoms with Crippen molar-refractivity contribution in [3.05, 3.63) is 62.0 Å². The summed E-state index contributed by atoms with van der Waals surface area (Å²) in [6.45, 7) is 0.0984. The number of aromatic nitrogens is 1. The Balaban J connectivity index is 1.57. The van der Waals surface area contributed by atoms with Crippen molar-refractivity contribution in [1.29, 1.82) is 0 Å². The van der Waals surface area contributed by atoms with E-state index in [0.29, 0.717) is 10.2 Å². The molecule has 0 radical (unpaired) electrons. The first-order valence-corrected chi connectivity index (χ1v) is 9.30. The average molecular weight is 412 g/mol. The van der Waals surface area contributed by atoms with Gasteiger partial charge in [-0.25, -0.2) is 9.37 Å². The first-order chi connectivity index (χ1) is 11.1. The fourth-order valence-electron chi connectivity index (χ4n) is 1.90. The van der Waals surface area contributed by atoms with E-state index in [9.17, 15) is 9.18 Å². The maximum Gasteiger partial charge on any atom is 0.312 e. The summed E-state index contributed by atoms with van der Waals surface area (Å²) in [6.07, 6.45) is 0.124. The molecule has 7 heteroatoms. The molecule has 118 valence electrons. The molecule has 0 saturated carbocycles. The lowest BCUT2D eigenvalue weighted by atomic mass is 10.2.